The van der Waals surface area contributed by atoms with Crippen LogP contribution >= 0.6 is 24.0 Å². The van der Waals surface area contributed by atoms with Crippen molar-refractivity contribution in [2.45, 2.75) is 51.0 Å². The van der Waals surface area contributed by atoms with Gasteiger partial charge in [0.25, 0.3) is 0 Å². The quantitative estimate of drug-likeness (QED) is 0.483. The summed E-state index contributed by atoms with van der Waals surface area (Å²) in [7, 11) is 2.08. The molecule has 2 bridgehead atoms. The second-order valence-corrected chi connectivity index (χ2v) is 6.16. The van der Waals surface area contributed by atoms with Crippen LogP contribution in [0.5, 0.6) is 0 Å². The number of halogens is 1. The fourth-order valence-electron chi connectivity index (χ4n) is 3.54. The minimum atomic E-state index is 0. The highest BCUT2D eigenvalue weighted by molar-refractivity contribution is 14.0. The van der Waals surface area contributed by atoms with E-state index in [4.69, 9.17) is 5.73 Å². The number of nitrogens with two attached hydrogens (primary N) is 1. The Kier molecular flexibility index (Phi) is 3.90. The van der Waals surface area contributed by atoms with Crippen molar-refractivity contribution in [3.8, 4) is 0 Å². The first kappa shape index (κ1) is 13.4. The Labute approximate surface area is 121 Å². The van der Waals surface area contributed by atoms with Crippen LogP contribution in [0, 0.1) is 11.3 Å². The van der Waals surface area contributed by atoms with E-state index >= 15 is 0 Å². The van der Waals surface area contributed by atoms with Crippen LogP contribution < -0.4 is 5.73 Å². The van der Waals surface area contributed by atoms with E-state index in [1.54, 1.807) is 0 Å². The molecular formula is C13H24IN3. The number of guanidine groups is 1. The highest BCUT2D eigenvalue weighted by Gasteiger charge is 2.44. The van der Waals surface area contributed by atoms with Crippen molar-refractivity contribution in [1.29, 1.82) is 0 Å². The van der Waals surface area contributed by atoms with Gasteiger partial charge in [0, 0.05) is 19.6 Å². The number of hydrogen-bond acceptors (Lipinski definition) is 1. The molecule has 2 N–H and O–H groups in total. The molecule has 0 aromatic rings. The van der Waals surface area contributed by atoms with Gasteiger partial charge in [-0.05, 0) is 56.3 Å². The molecule has 98 valence electrons. The fraction of sp³-hybridized carbons (Fsp3) is 0.923. The molecule has 3 fully saturated rings. The predicted molar refractivity (Wildman–Crippen MR) is 81.7 cm³/mol. The van der Waals surface area contributed by atoms with Gasteiger partial charge in [-0.15, -0.1) is 24.0 Å². The number of nitrogens with zero attached hydrogens (tertiary/aromatic N) is 2. The topological polar surface area (TPSA) is 41.6 Å². The predicted octanol–water partition coefficient (Wildman–Crippen LogP) is 2.59. The van der Waals surface area contributed by atoms with Gasteiger partial charge in [-0.2, -0.15) is 0 Å². The van der Waals surface area contributed by atoms with Crippen LogP contribution in [0.25, 0.3) is 0 Å². The first-order valence-corrected chi connectivity index (χ1v) is 6.71. The lowest BCUT2D eigenvalue weighted by atomic mass is 9.84. The molecule has 3 nitrogen and oxygen atoms in total. The van der Waals surface area contributed by atoms with Crippen LogP contribution in [0.1, 0.15) is 44.9 Å². The van der Waals surface area contributed by atoms with Crippen molar-refractivity contribution in [3.63, 3.8) is 0 Å². The third-order valence-electron chi connectivity index (χ3n) is 4.92. The van der Waals surface area contributed by atoms with Crippen LogP contribution in [0.3, 0.4) is 0 Å². The van der Waals surface area contributed by atoms with E-state index in [0.717, 1.165) is 18.4 Å². The summed E-state index contributed by atoms with van der Waals surface area (Å²) in [4.78, 5) is 6.82. The maximum absolute atomic E-state index is 6.04. The summed E-state index contributed by atoms with van der Waals surface area (Å²) in [5.41, 5.74) is 6.58. The highest BCUT2D eigenvalue weighted by Crippen LogP contribution is 2.54. The minimum Gasteiger partial charge on any atom is -0.370 e. The fourth-order valence-corrected chi connectivity index (χ4v) is 3.54. The molecule has 3 saturated carbocycles. The molecule has 0 saturated heterocycles. The Morgan fingerprint density at radius 3 is 2.41 bits per heavy atom. The molecule has 4 heteroatoms. The van der Waals surface area contributed by atoms with Crippen molar-refractivity contribution in [1.82, 2.24) is 4.90 Å². The second-order valence-electron chi connectivity index (χ2n) is 6.16. The molecule has 0 aliphatic heterocycles. The Morgan fingerprint density at radius 1 is 1.29 bits per heavy atom. The van der Waals surface area contributed by atoms with E-state index in [9.17, 15) is 0 Å². The van der Waals surface area contributed by atoms with Gasteiger partial charge in [-0.25, -0.2) is 0 Å². The molecule has 0 spiro atoms. The van der Waals surface area contributed by atoms with Gasteiger partial charge in [0.2, 0.25) is 0 Å². The van der Waals surface area contributed by atoms with Gasteiger partial charge >= 0.3 is 0 Å². The van der Waals surface area contributed by atoms with E-state index in [2.05, 4.69) is 16.9 Å². The molecule has 0 aromatic carbocycles. The average molecular weight is 349 g/mol. The lowest BCUT2D eigenvalue weighted by molar-refractivity contribution is 0.305. The zero-order chi connectivity index (χ0) is 11.2. The molecule has 0 aromatic heterocycles. The zero-order valence-electron chi connectivity index (χ0n) is 10.7. The van der Waals surface area contributed by atoms with E-state index in [1.165, 1.54) is 44.9 Å². The van der Waals surface area contributed by atoms with Crippen molar-refractivity contribution in [2.75, 3.05) is 13.6 Å². The lowest BCUT2D eigenvalue weighted by Gasteiger charge is -2.25. The first-order chi connectivity index (χ1) is 7.69. The summed E-state index contributed by atoms with van der Waals surface area (Å²) in [5, 5.41) is 0. The van der Waals surface area contributed by atoms with Crippen molar-refractivity contribution < 1.29 is 0 Å². The average Bonchev–Trinajstić information content (AvgIpc) is 2.97. The van der Waals surface area contributed by atoms with E-state index < -0.39 is 0 Å². The summed E-state index contributed by atoms with van der Waals surface area (Å²) >= 11 is 0. The summed E-state index contributed by atoms with van der Waals surface area (Å²) in [5.74, 6) is 1.78. The highest BCUT2D eigenvalue weighted by atomic mass is 127. The summed E-state index contributed by atoms with van der Waals surface area (Å²) in [6.45, 7) is 0.979. The standard InChI is InChI=1S/C13H23N3.HI/c1-16(11-2-3-11)12(14)15-9-13-6-4-10(8-13)5-7-13;/h10-11H,2-9H2,1H3,(H2,14,15);1H. The summed E-state index contributed by atoms with van der Waals surface area (Å²) in [6, 6.07) is 0.682. The lowest BCUT2D eigenvalue weighted by Crippen LogP contribution is -2.36. The van der Waals surface area contributed by atoms with E-state index in [0.29, 0.717) is 11.5 Å². The van der Waals surface area contributed by atoms with Crippen LogP contribution in [0.2, 0.25) is 0 Å². The van der Waals surface area contributed by atoms with Crippen LogP contribution in [0.4, 0.5) is 0 Å². The molecule has 0 radical (unpaired) electrons. The normalized spacial score (nSPS) is 35.8. The second kappa shape index (κ2) is 4.94. The maximum Gasteiger partial charge on any atom is 0.191 e. The first-order valence-electron chi connectivity index (χ1n) is 6.71. The van der Waals surface area contributed by atoms with Gasteiger partial charge in [0.15, 0.2) is 5.96 Å². The SMILES string of the molecule is CN(C(N)=NCC12CCC(CC1)C2)C1CC1.I. The van der Waals surface area contributed by atoms with Crippen LogP contribution in [-0.4, -0.2) is 30.5 Å². The number of aliphatic imine (C=N–C) groups is 1. The third kappa shape index (κ3) is 2.71. The molecule has 3 rings (SSSR count). The van der Waals surface area contributed by atoms with Gasteiger partial charge in [-0.1, -0.05) is 0 Å². The van der Waals surface area contributed by atoms with Gasteiger partial charge < -0.3 is 10.6 Å². The summed E-state index contributed by atoms with van der Waals surface area (Å²) < 4.78 is 0. The molecule has 0 heterocycles. The molecule has 17 heavy (non-hydrogen) atoms. The van der Waals surface area contributed by atoms with Crippen molar-refractivity contribution in [3.05, 3.63) is 0 Å². The Hall–Kier alpha value is 0. The molecule has 0 atom stereocenters. The largest absolute Gasteiger partial charge is 0.370 e. The molecule has 3 aliphatic carbocycles. The Balaban J connectivity index is 0.00000108. The summed E-state index contributed by atoms with van der Waals surface area (Å²) in [6.07, 6.45) is 9.65. The zero-order valence-corrected chi connectivity index (χ0v) is 13.0. The monoisotopic (exact) mass is 349 g/mol. The van der Waals surface area contributed by atoms with Crippen LogP contribution in [0.15, 0.2) is 4.99 Å². The number of hydrogen-bond donors (Lipinski definition) is 1. The molecular weight excluding hydrogens is 325 g/mol. The van der Waals surface area contributed by atoms with E-state index in [1.807, 2.05) is 0 Å². The number of fused-ring (bicyclic) bond motifs is 2. The minimum absolute atomic E-state index is 0. The van der Waals surface area contributed by atoms with Gasteiger partial charge in [-0.3, -0.25) is 4.99 Å². The maximum atomic E-state index is 6.04. The molecule has 0 amide bonds. The van der Waals surface area contributed by atoms with Crippen LogP contribution in [-0.2, 0) is 0 Å². The van der Waals surface area contributed by atoms with Gasteiger partial charge in [0.05, 0.1) is 0 Å². The van der Waals surface area contributed by atoms with E-state index in [-0.39, 0.29) is 24.0 Å². The van der Waals surface area contributed by atoms with Gasteiger partial charge in [0.1, 0.15) is 0 Å². The number of rotatable bonds is 3. The molecule has 3 aliphatic rings. The van der Waals surface area contributed by atoms with Crippen molar-refractivity contribution >= 4 is 29.9 Å². The van der Waals surface area contributed by atoms with Crippen molar-refractivity contribution in [2.24, 2.45) is 22.1 Å². The smallest absolute Gasteiger partial charge is 0.191 e. The Morgan fingerprint density at radius 2 is 1.94 bits per heavy atom. The third-order valence-corrected chi connectivity index (χ3v) is 4.92. The Bertz CT molecular complexity index is 304. The molecule has 0 unspecified atom stereocenters.